The number of hydrogen-bond donors (Lipinski definition) is 1. The molecule has 144 valence electrons. The molecule has 29 heavy (non-hydrogen) atoms. The third-order valence-electron chi connectivity index (χ3n) is 5.95. The van der Waals surface area contributed by atoms with Crippen LogP contribution in [0.4, 0.5) is 0 Å². The average Bonchev–Trinajstić information content (AvgIpc) is 3.21. The van der Waals surface area contributed by atoms with E-state index in [4.69, 9.17) is 9.47 Å². The first-order valence-corrected chi connectivity index (χ1v) is 9.74. The van der Waals surface area contributed by atoms with Crippen LogP contribution in [0.5, 0.6) is 11.5 Å². The number of nitrogens with one attached hydrogen (secondary N) is 1. The van der Waals surface area contributed by atoms with E-state index in [0.29, 0.717) is 29.1 Å². The maximum atomic E-state index is 13.3. The van der Waals surface area contributed by atoms with E-state index in [0.717, 1.165) is 23.4 Å². The van der Waals surface area contributed by atoms with Crippen LogP contribution in [0.15, 0.2) is 71.1 Å². The van der Waals surface area contributed by atoms with E-state index in [1.165, 1.54) is 5.56 Å². The highest BCUT2D eigenvalue weighted by Crippen LogP contribution is 2.46. The Hall–Kier alpha value is -3.52. The molecule has 2 heterocycles. The Bertz CT molecular complexity index is 1110. The number of rotatable bonds is 2. The number of ether oxygens (including phenoxy) is 2. The molecular formula is C24H20N2O3. The molecule has 2 aromatic carbocycles. The maximum absolute atomic E-state index is 13.3. The van der Waals surface area contributed by atoms with Gasteiger partial charge in [0.2, 0.25) is 6.79 Å². The molecule has 5 nitrogen and oxygen atoms in total. The van der Waals surface area contributed by atoms with Gasteiger partial charge in [-0.2, -0.15) is 5.26 Å². The van der Waals surface area contributed by atoms with Gasteiger partial charge in [-0.3, -0.25) is 4.79 Å². The molecular weight excluding hydrogens is 364 g/mol. The Balaban J connectivity index is 1.59. The van der Waals surface area contributed by atoms with Crippen LogP contribution in [-0.2, 0) is 4.79 Å². The average molecular weight is 384 g/mol. The number of ketones is 1. The van der Waals surface area contributed by atoms with Crippen LogP contribution in [-0.4, -0.2) is 12.6 Å². The minimum absolute atomic E-state index is 0.0931. The van der Waals surface area contributed by atoms with Gasteiger partial charge < -0.3 is 14.8 Å². The van der Waals surface area contributed by atoms with Gasteiger partial charge in [0, 0.05) is 23.4 Å². The van der Waals surface area contributed by atoms with Gasteiger partial charge in [-0.1, -0.05) is 36.4 Å². The fourth-order valence-electron chi connectivity index (χ4n) is 4.57. The lowest BCUT2D eigenvalue weighted by molar-refractivity contribution is -0.116. The van der Waals surface area contributed by atoms with E-state index < -0.39 is 0 Å². The maximum Gasteiger partial charge on any atom is 0.231 e. The summed E-state index contributed by atoms with van der Waals surface area (Å²) >= 11 is 0. The van der Waals surface area contributed by atoms with Crippen molar-refractivity contribution in [1.29, 1.82) is 5.26 Å². The molecule has 0 fully saturated rings. The largest absolute Gasteiger partial charge is 0.454 e. The molecule has 2 aromatic rings. The summed E-state index contributed by atoms with van der Waals surface area (Å²) in [7, 11) is 0. The van der Waals surface area contributed by atoms with Gasteiger partial charge in [0.05, 0.1) is 17.6 Å². The predicted octanol–water partition coefficient (Wildman–Crippen LogP) is 4.30. The van der Waals surface area contributed by atoms with Crippen LogP contribution in [0, 0.1) is 11.3 Å². The van der Waals surface area contributed by atoms with Crippen molar-refractivity contribution in [2.75, 3.05) is 6.79 Å². The second-order valence-corrected chi connectivity index (χ2v) is 7.65. The van der Waals surface area contributed by atoms with E-state index in [9.17, 15) is 10.1 Å². The standard InChI is InChI=1S/C24H20N2O3/c1-14-18(12-25)23(16-7-8-21-22(11-16)29-13-28-21)24-19(26-14)9-17(10-20(24)27)15-5-3-2-4-6-15/h2-8,11,17,23,26H,9-10,13H2,1H3/t17-,23+/m1/s1. The van der Waals surface area contributed by atoms with E-state index in [1.807, 2.05) is 43.3 Å². The first-order chi connectivity index (χ1) is 14.2. The van der Waals surface area contributed by atoms with Crippen LogP contribution in [0.1, 0.15) is 42.7 Å². The van der Waals surface area contributed by atoms with Gasteiger partial charge in [0.1, 0.15) is 0 Å². The second-order valence-electron chi connectivity index (χ2n) is 7.65. The van der Waals surface area contributed by atoms with Crippen molar-refractivity contribution >= 4 is 5.78 Å². The molecule has 0 aromatic heterocycles. The highest BCUT2D eigenvalue weighted by Gasteiger charge is 2.39. The van der Waals surface area contributed by atoms with Crippen molar-refractivity contribution < 1.29 is 14.3 Å². The third kappa shape index (κ3) is 2.89. The van der Waals surface area contributed by atoms with Crippen LogP contribution in [0.2, 0.25) is 0 Å². The number of dihydropyridines is 1. The molecule has 1 aliphatic carbocycles. The number of carbonyl (C=O) groups is 1. The van der Waals surface area contributed by atoms with Crippen molar-refractivity contribution in [3.63, 3.8) is 0 Å². The van der Waals surface area contributed by atoms with E-state index in [-0.39, 0.29) is 24.4 Å². The second kappa shape index (κ2) is 6.82. The number of allylic oxidation sites excluding steroid dienone is 4. The fourth-order valence-corrected chi connectivity index (χ4v) is 4.57. The Kier molecular flexibility index (Phi) is 4.13. The fraction of sp³-hybridized carbons (Fsp3) is 0.250. The lowest BCUT2D eigenvalue weighted by Crippen LogP contribution is -2.33. The summed E-state index contributed by atoms with van der Waals surface area (Å²) in [5.41, 5.74) is 5.06. The number of fused-ring (bicyclic) bond motifs is 1. The summed E-state index contributed by atoms with van der Waals surface area (Å²) in [6.07, 6.45) is 1.20. The molecule has 0 unspecified atom stereocenters. The Morgan fingerprint density at radius 1 is 1.03 bits per heavy atom. The summed E-state index contributed by atoms with van der Waals surface area (Å²) in [5, 5.41) is 13.2. The van der Waals surface area contributed by atoms with E-state index in [2.05, 4.69) is 23.5 Å². The molecule has 0 amide bonds. The molecule has 0 bridgehead atoms. The molecule has 5 heteroatoms. The highest BCUT2D eigenvalue weighted by molar-refractivity contribution is 6.00. The van der Waals surface area contributed by atoms with Crippen LogP contribution in [0.3, 0.4) is 0 Å². The lowest BCUT2D eigenvalue weighted by Gasteiger charge is -2.35. The molecule has 0 spiro atoms. The molecule has 2 aliphatic heterocycles. The van der Waals surface area contributed by atoms with Crippen LogP contribution >= 0.6 is 0 Å². The van der Waals surface area contributed by atoms with Crippen molar-refractivity contribution in [3.8, 4) is 17.6 Å². The predicted molar refractivity (Wildman–Crippen MR) is 107 cm³/mol. The van der Waals surface area contributed by atoms with Crippen molar-refractivity contribution in [2.45, 2.75) is 31.6 Å². The van der Waals surface area contributed by atoms with E-state index in [1.54, 1.807) is 0 Å². The van der Waals surface area contributed by atoms with E-state index >= 15 is 0 Å². The van der Waals surface area contributed by atoms with Gasteiger partial charge in [0.25, 0.3) is 0 Å². The minimum Gasteiger partial charge on any atom is -0.454 e. The minimum atomic E-state index is -0.380. The Morgan fingerprint density at radius 3 is 2.62 bits per heavy atom. The molecule has 5 rings (SSSR count). The Labute approximate surface area is 169 Å². The number of Topliss-reactive ketones (excluding diaryl/α,β-unsaturated/α-hetero) is 1. The van der Waals surface area contributed by atoms with Crippen LogP contribution in [0.25, 0.3) is 0 Å². The zero-order valence-corrected chi connectivity index (χ0v) is 16.1. The molecule has 0 saturated carbocycles. The SMILES string of the molecule is CC1=C(C#N)[C@H](c2ccc3c(c2)OCO3)C2=C(C[C@@H](c3ccccc3)CC2=O)N1. The number of carbonyl (C=O) groups excluding carboxylic acids is 1. The van der Waals surface area contributed by atoms with Gasteiger partial charge in [-0.15, -0.1) is 0 Å². The molecule has 3 aliphatic rings. The lowest BCUT2D eigenvalue weighted by atomic mass is 9.72. The summed E-state index contributed by atoms with van der Waals surface area (Å²) in [4.78, 5) is 13.3. The zero-order chi connectivity index (χ0) is 20.0. The van der Waals surface area contributed by atoms with Crippen molar-refractivity contribution in [1.82, 2.24) is 5.32 Å². The number of nitrogens with zero attached hydrogens (tertiary/aromatic N) is 1. The topological polar surface area (TPSA) is 71.3 Å². The molecule has 0 saturated heterocycles. The number of benzene rings is 2. The Morgan fingerprint density at radius 2 is 1.83 bits per heavy atom. The zero-order valence-electron chi connectivity index (χ0n) is 16.1. The highest BCUT2D eigenvalue weighted by atomic mass is 16.7. The van der Waals surface area contributed by atoms with Gasteiger partial charge in [0.15, 0.2) is 17.3 Å². The first-order valence-electron chi connectivity index (χ1n) is 9.74. The van der Waals surface area contributed by atoms with Gasteiger partial charge in [-0.25, -0.2) is 0 Å². The molecule has 0 radical (unpaired) electrons. The number of hydrogen-bond acceptors (Lipinski definition) is 5. The third-order valence-corrected chi connectivity index (χ3v) is 5.95. The summed E-state index contributed by atoms with van der Waals surface area (Å²) < 4.78 is 10.9. The molecule has 1 N–H and O–H groups in total. The van der Waals surface area contributed by atoms with Crippen molar-refractivity contribution in [2.24, 2.45) is 0 Å². The first kappa shape index (κ1) is 17.6. The quantitative estimate of drug-likeness (QED) is 0.836. The summed E-state index contributed by atoms with van der Waals surface area (Å²) in [6, 6.07) is 18.1. The summed E-state index contributed by atoms with van der Waals surface area (Å²) in [5.74, 6) is 1.20. The number of nitriles is 1. The normalized spacial score (nSPS) is 22.8. The van der Waals surface area contributed by atoms with Crippen molar-refractivity contribution in [3.05, 3.63) is 82.2 Å². The monoisotopic (exact) mass is 384 g/mol. The van der Waals surface area contributed by atoms with Gasteiger partial charge in [-0.05, 0) is 42.5 Å². The molecule has 2 atom stereocenters. The van der Waals surface area contributed by atoms with Crippen LogP contribution < -0.4 is 14.8 Å². The summed E-state index contributed by atoms with van der Waals surface area (Å²) in [6.45, 7) is 2.09. The smallest absolute Gasteiger partial charge is 0.231 e. The van der Waals surface area contributed by atoms with Gasteiger partial charge >= 0.3 is 0 Å².